The standard InChI is InChI=1S/C25H26N4O2/c1-3-18(2)29(17-24-27-22-12-6-5-11-21(22)25(30)28-24)16-19-9-4-7-13-23(19)31-20-10-8-14-26-15-20/h4-15,18H,3,16-17H2,1-2H3,(H,27,28,30). The SMILES string of the molecule is CCC(C)N(Cc1nc2ccccc2c(=O)[nH]1)Cc1ccccc1Oc1cccnc1. The monoisotopic (exact) mass is 414 g/mol. The van der Waals surface area contributed by atoms with Crippen LogP contribution in [0.3, 0.4) is 0 Å². The number of H-pyrrole nitrogens is 1. The number of fused-ring (bicyclic) bond motifs is 1. The molecule has 0 aliphatic carbocycles. The highest BCUT2D eigenvalue weighted by Gasteiger charge is 2.17. The first kappa shape index (κ1) is 20.8. The van der Waals surface area contributed by atoms with Gasteiger partial charge < -0.3 is 9.72 Å². The van der Waals surface area contributed by atoms with Crippen molar-refractivity contribution in [2.75, 3.05) is 0 Å². The van der Waals surface area contributed by atoms with Gasteiger partial charge in [-0.05, 0) is 43.7 Å². The minimum atomic E-state index is -0.106. The molecule has 0 bridgehead atoms. The second-order valence-corrected chi connectivity index (χ2v) is 7.59. The Morgan fingerprint density at radius 1 is 1.03 bits per heavy atom. The normalized spacial score (nSPS) is 12.2. The average Bonchev–Trinajstić information content (AvgIpc) is 2.80. The van der Waals surface area contributed by atoms with Crippen LogP contribution < -0.4 is 10.3 Å². The van der Waals surface area contributed by atoms with Gasteiger partial charge in [0, 0.05) is 24.3 Å². The molecule has 0 saturated heterocycles. The largest absolute Gasteiger partial charge is 0.455 e. The van der Waals surface area contributed by atoms with E-state index in [1.807, 2.05) is 48.5 Å². The maximum atomic E-state index is 12.5. The number of ether oxygens (including phenoxy) is 1. The van der Waals surface area contributed by atoms with Crippen molar-refractivity contribution >= 4 is 10.9 Å². The molecule has 2 aromatic heterocycles. The number of aromatic nitrogens is 3. The summed E-state index contributed by atoms with van der Waals surface area (Å²) in [5.41, 5.74) is 1.67. The van der Waals surface area contributed by atoms with Crippen LogP contribution in [0, 0.1) is 0 Å². The molecule has 0 spiro atoms. The third-order valence-corrected chi connectivity index (χ3v) is 5.44. The van der Waals surface area contributed by atoms with Gasteiger partial charge in [0.25, 0.3) is 5.56 Å². The highest BCUT2D eigenvalue weighted by Crippen LogP contribution is 2.27. The molecular formula is C25H26N4O2. The van der Waals surface area contributed by atoms with Crippen LogP contribution >= 0.6 is 0 Å². The van der Waals surface area contributed by atoms with Crippen LogP contribution in [0.5, 0.6) is 11.5 Å². The summed E-state index contributed by atoms with van der Waals surface area (Å²) in [5.74, 6) is 2.16. The maximum absolute atomic E-state index is 12.5. The van der Waals surface area contributed by atoms with Gasteiger partial charge >= 0.3 is 0 Å². The molecule has 0 radical (unpaired) electrons. The summed E-state index contributed by atoms with van der Waals surface area (Å²) in [7, 11) is 0. The van der Waals surface area contributed by atoms with Crippen LogP contribution in [-0.4, -0.2) is 25.9 Å². The first-order valence-electron chi connectivity index (χ1n) is 10.5. The molecule has 31 heavy (non-hydrogen) atoms. The zero-order valence-electron chi connectivity index (χ0n) is 17.8. The molecule has 0 aliphatic rings. The second-order valence-electron chi connectivity index (χ2n) is 7.59. The molecule has 0 aliphatic heterocycles. The Bertz CT molecular complexity index is 1210. The Morgan fingerprint density at radius 3 is 2.65 bits per heavy atom. The molecule has 6 nitrogen and oxygen atoms in total. The van der Waals surface area contributed by atoms with Crippen molar-refractivity contribution in [3.05, 3.63) is 94.8 Å². The van der Waals surface area contributed by atoms with E-state index in [2.05, 4.69) is 39.8 Å². The summed E-state index contributed by atoms with van der Waals surface area (Å²) in [4.78, 5) is 26.6. The number of pyridine rings is 1. The number of benzene rings is 2. The van der Waals surface area contributed by atoms with Gasteiger partial charge in [-0.2, -0.15) is 0 Å². The van der Waals surface area contributed by atoms with Gasteiger partial charge in [0.1, 0.15) is 17.3 Å². The lowest BCUT2D eigenvalue weighted by atomic mass is 10.1. The van der Waals surface area contributed by atoms with E-state index >= 15 is 0 Å². The third-order valence-electron chi connectivity index (χ3n) is 5.44. The van der Waals surface area contributed by atoms with Gasteiger partial charge in [-0.15, -0.1) is 0 Å². The topological polar surface area (TPSA) is 71.1 Å². The number of hydrogen-bond acceptors (Lipinski definition) is 5. The Morgan fingerprint density at radius 2 is 1.84 bits per heavy atom. The molecule has 1 unspecified atom stereocenters. The molecule has 158 valence electrons. The number of nitrogens with one attached hydrogen (secondary N) is 1. The molecule has 1 atom stereocenters. The molecule has 1 N–H and O–H groups in total. The number of hydrogen-bond donors (Lipinski definition) is 1. The lowest BCUT2D eigenvalue weighted by Crippen LogP contribution is -2.33. The van der Waals surface area contributed by atoms with E-state index in [1.165, 1.54) is 0 Å². The van der Waals surface area contributed by atoms with E-state index in [1.54, 1.807) is 18.5 Å². The van der Waals surface area contributed by atoms with Crippen LogP contribution in [0.15, 0.2) is 77.9 Å². The molecule has 4 rings (SSSR count). The van der Waals surface area contributed by atoms with Crippen molar-refractivity contribution in [3.8, 4) is 11.5 Å². The van der Waals surface area contributed by atoms with Crippen molar-refractivity contribution in [3.63, 3.8) is 0 Å². The van der Waals surface area contributed by atoms with Gasteiger partial charge in [0.15, 0.2) is 0 Å². The van der Waals surface area contributed by atoms with Crippen molar-refractivity contribution < 1.29 is 4.74 Å². The Balaban J connectivity index is 1.61. The van der Waals surface area contributed by atoms with Gasteiger partial charge in [-0.1, -0.05) is 37.3 Å². The fourth-order valence-corrected chi connectivity index (χ4v) is 3.52. The summed E-state index contributed by atoms with van der Waals surface area (Å²) in [6.07, 6.45) is 4.40. The average molecular weight is 415 g/mol. The number of aromatic amines is 1. The molecule has 2 aromatic carbocycles. The maximum Gasteiger partial charge on any atom is 0.258 e. The van der Waals surface area contributed by atoms with E-state index < -0.39 is 0 Å². The van der Waals surface area contributed by atoms with E-state index in [4.69, 9.17) is 4.74 Å². The summed E-state index contributed by atoms with van der Waals surface area (Å²) in [6.45, 7) is 5.55. The third kappa shape index (κ3) is 4.98. The minimum absolute atomic E-state index is 0.106. The zero-order valence-corrected chi connectivity index (χ0v) is 17.8. The van der Waals surface area contributed by atoms with Crippen LogP contribution in [0.2, 0.25) is 0 Å². The molecule has 2 heterocycles. The number of rotatable bonds is 8. The molecule has 0 amide bonds. The summed E-state index contributed by atoms with van der Waals surface area (Å²) in [6, 6.07) is 19.5. The molecule has 6 heteroatoms. The van der Waals surface area contributed by atoms with Gasteiger partial charge in [-0.25, -0.2) is 4.98 Å². The second kappa shape index (κ2) is 9.53. The van der Waals surface area contributed by atoms with Crippen LogP contribution in [-0.2, 0) is 13.1 Å². The van der Waals surface area contributed by atoms with Gasteiger partial charge in [0.2, 0.25) is 0 Å². The lowest BCUT2D eigenvalue weighted by Gasteiger charge is -2.28. The fraction of sp³-hybridized carbons (Fsp3) is 0.240. The van der Waals surface area contributed by atoms with E-state index in [0.29, 0.717) is 41.6 Å². The highest BCUT2D eigenvalue weighted by atomic mass is 16.5. The van der Waals surface area contributed by atoms with Crippen LogP contribution in [0.4, 0.5) is 0 Å². The van der Waals surface area contributed by atoms with E-state index in [-0.39, 0.29) is 5.56 Å². The minimum Gasteiger partial charge on any atom is -0.455 e. The smallest absolute Gasteiger partial charge is 0.258 e. The van der Waals surface area contributed by atoms with Crippen molar-refractivity contribution in [2.24, 2.45) is 0 Å². The first-order chi connectivity index (χ1) is 15.1. The Kier molecular flexibility index (Phi) is 6.38. The zero-order chi connectivity index (χ0) is 21.6. The van der Waals surface area contributed by atoms with Crippen molar-refractivity contribution in [1.29, 1.82) is 0 Å². The van der Waals surface area contributed by atoms with E-state index in [9.17, 15) is 4.79 Å². The van der Waals surface area contributed by atoms with Crippen LogP contribution in [0.1, 0.15) is 31.7 Å². The van der Waals surface area contributed by atoms with Crippen LogP contribution in [0.25, 0.3) is 10.9 Å². The van der Waals surface area contributed by atoms with E-state index in [0.717, 1.165) is 17.7 Å². The quantitative estimate of drug-likeness (QED) is 0.443. The lowest BCUT2D eigenvalue weighted by molar-refractivity contribution is 0.180. The number of para-hydroxylation sites is 2. The van der Waals surface area contributed by atoms with Gasteiger partial charge in [0.05, 0.1) is 23.6 Å². The molecule has 4 aromatic rings. The van der Waals surface area contributed by atoms with Gasteiger partial charge in [-0.3, -0.25) is 14.7 Å². The fourth-order valence-electron chi connectivity index (χ4n) is 3.52. The summed E-state index contributed by atoms with van der Waals surface area (Å²) in [5, 5.41) is 0.608. The first-order valence-corrected chi connectivity index (χ1v) is 10.5. The number of nitrogens with zero attached hydrogens (tertiary/aromatic N) is 3. The Hall–Kier alpha value is -3.51. The highest BCUT2D eigenvalue weighted by molar-refractivity contribution is 5.77. The van der Waals surface area contributed by atoms with Crippen molar-refractivity contribution in [1.82, 2.24) is 19.9 Å². The predicted molar refractivity (Wildman–Crippen MR) is 122 cm³/mol. The predicted octanol–water partition coefficient (Wildman–Crippen LogP) is 4.91. The summed E-state index contributed by atoms with van der Waals surface area (Å²) >= 11 is 0. The Labute approximate surface area is 181 Å². The molecule has 0 fully saturated rings. The summed E-state index contributed by atoms with van der Waals surface area (Å²) < 4.78 is 6.09. The molecular weight excluding hydrogens is 388 g/mol. The van der Waals surface area contributed by atoms with Crippen molar-refractivity contribution in [2.45, 2.75) is 39.4 Å². The molecule has 0 saturated carbocycles.